The normalized spacial score (nSPS) is 11.0. The number of ketones is 1. The van der Waals surface area contributed by atoms with Crippen LogP contribution < -0.4 is 4.74 Å². The van der Waals surface area contributed by atoms with Gasteiger partial charge in [0, 0.05) is 27.4 Å². The average molecular weight is 439 g/mol. The predicted octanol–water partition coefficient (Wildman–Crippen LogP) is 4.98. The highest BCUT2D eigenvalue weighted by Gasteiger charge is 2.17. The van der Waals surface area contributed by atoms with Gasteiger partial charge >= 0.3 is 0 Å². The van der Waals surface area contributed by atoms with Crippen molar-refractivity contribution in [3.8, 4) is 17.1 Å². The Morgan fingerprint density at radius 2 is 2.03 bits per heavy atom. The lowest BCUT2D eigenvalue weighted by molar-refractivity contribution is 0.102. The Kier molecular flexibility index (Phi) is 6.06. The molecule has 1 aromatic carbocycles. The van der Waals surface area contributed by atoms with Gasteiger partial charge in [-0.25, -0.2) is 4.98 Å². The number of methoxy groups -OCH3 is 1. The molecule has 154 valence electrons. The maximum absolute atomic E-state index is 12.8. The molecular formula is C22H22N4O2S2. The van der Waals surface area contributed by atoms with Gasteiger partial charge in [0.15, 0.2) is 11.6 Å². The van der Waals surface area contributed by atoms with E-state index in [1.165, 1.54) is 16.6 Å². The number of hydrogen-bond acceptors (Lipinski definition) is 6. The minimum atomic E-state index is 0.0846. The number of rotatable bonds is 8. The van der Waals surface area contributed by atoms with Crippen molar-refractivity contribution in [1.29, 1.82) is 0 Å². The molecule has 0 saturated carbocycles. The number of aryl methyl sites for hydroxylation is 1. The molecule has 0 bridgehead atoms. The van der Waals surface area contributed by atoms with Gasteiger partial charge in [-0.05, 0) is 55.6 Å². The fourth-order valence-electron chi connectivity index (χ4n) is 3.28. The summed E-state index contributed by atoms with van der Waals surface area (Å²) in [6, 6.07) is 13.7. The van der Waals surface area contributed by atoms with Gasteiger partial charge in [-0.1, -0.05) is 17.8 Å². The second-order valence-corrected chi connectivity index (χ2v) is 8.83. The van der Waals surface area contributed by atoms with Crippen molar-refractivity contribution in [3.63, 3.8) is 0 Å². The largest absolute Gasteiger partial charge is 0.497 e. The number of H-pyrrole nitrogens is 1. The van der Waals surface area contributed by atoms with E-state index in [4.69, 9.17) is 4.74 Å². The van der Waals surface area contributed by atoms with Crippen LogP contribution in [0.1, 0.15) is 26.6 Å². The summed E-state index contributed by atoms with van der Waals surface area (Å²) < 4.78 is 7.37. The number of aromatic nitrogens is 4. The molecule has 6 nitrogen and oxygen atoms in total. The first-order valence-corrected chi connectivity index (χ1v) is 11.3. The van der Waals surface area contributed by atoms with Crippen LogP contribution in [-0.4, -0.2) is 38.4 Å². The van der Waals surface area contributed by atoms with Crippen LogP contribution in [0.25, 0.3) is 11.4 Å². The number of ether oxygens (including phenoxy) is 1. The maximum atomic E-state index is 12.8. The minimum absolute atomic E-state index is 0.0846. The van der Waals surface area contributed by atoms with E-state index in [2.05, 4.69) is 31.2 Å². The standard InChI is InChI=1S/C22H22N4O2S2/c1-14-11-19(15(2)26(14)12-18-5-4-10-29-18)20(27)13-30-22-23-21(24-25-22)16-6-8-17(28-3)9-7-16/h4-11H,12-13H2,1-3H3,(H,23,24,25). The summed E-state index contributed by atoms with van der Waals surface area (Å²) in [7, 11) is 1.63. The summed E-state index contributed by atoms with van der Waals surface area (Å²) in [6.45, 7) is 4.84. The van der Waals surface area contributed by atoms with Crippen LogP contribution in [0.4, 0.5) is 0 Å². The van der Waals surface area contributed by atoms with E-state index in [-0.39, 0.29) is 5.78 Å². The monoisotopic (exact) mass is 438 g/mol. The molecule has 8 heteroatoms. The number of nitrogens with zero attached hydrogens (tertiary/aromatic N) is 3. The Morgan fingerprint density at radius 3 is 2.73 bits per heavy atom. The molecule has 0 amide bonds. The molecule has 0 radical (unpaired) electrons. The molecule has 1 N–H and O–H groups in total. The van der Waals surface area contributed by atoms with Gasteiger partial charge in [0.2, 0.25) is 5.16 Å². The van der Waals surface area contributed by atoms with E-state index < -0.39 is 0 Å². The highest BCUT2D eigenvalue weighted by atomic mass is 32.2. The molecule has 0 unspecified atom stereocenters. The Bertz CT molecular complexity index is 1140. The SMILES string of the molecule is COc1ccc(-c2nc(SCC(=O)c3cc(C)n(Cc4cccs4)c3C)n[nH]2)cc1. The molecule has 3 aromatic heterocycles. The van der Waals surface area contributed by atoms with E-state index in [0.29, 0.717) is 16.7 Å². The highest BCUT2D eigenvalue weighted by molar-refractivity contribution is 7.99. The van der Waals surface area contributed by atoms with E-state index in [1.54, 1.807) is 18.4 Å². The third kappa shape index (κ3) is 4.34. The zero-order valence-corrected chi connectivity index (χ0v) is 18.6. The van der Waals surface area contributed by atoms with Crippen molar-refractivity contribution in [2.45, 2.75) is 25.5 Å². The third-order valence-corrected chi connectivity index (χ3v) is 6.64. The molecule has 4 aromatic rings. The van der Waals surface area contributed by atoms with E-state index in [1.807, 2.05) is 50.2 Å². The molecule has 4 rings (SSSR count). The quantitative estimate of drug-likeness (QED) is 0.310. The van der Waals surface area contributed by atoms with Crippen LogP contribution in [-0.2, 0) is 6.54 Å². The predicted molar refractivity (Wildman–Crippen MR) is 121 cm³/mol. The summed E-state index contributed by atoms with van der Waals surface area (Å²) in [4.78, 5) is 18.6. The molecule has 0 aliphatic heterocycles. The Balaban J connectivity index is 1.42. The van der Waals surface area contributed by atoms with Gasteiger partial charge < -0.3 is 9.30 Å². The number of carbonyl (C=O) groups excluding carboxylic acids is 1. The molecule has 30 heavy (non-hydrogen) atoms. The fourth-order valence-corrected chi connectivity index (χ4v) is 4.66. The van der Waals surface area contributed by atoms with Gasteiger partial charge in [0.05, 0.1) is 19.4 Å². The molecule has 0 saturated heterocycles. The molecular weight excluding hydrogens is 416 g/mol. The number of thiophene rings is 1. The summed E-state index contributed by atoms with van der Waals surface area (Å²) in [5.41, 5.74) is 3.77. The number of carbonyl (C=O) groups is 1. The maximum Gasteiger partial charge on any atom is 0.209 e. The van der Waals surface area contributed by atoms with Crippen molar-refractivity contribution in [2.24, 2.45) is 0 Å². The zero-order valence-electron chi connectivity index (χ0n) is 17.0. The first-order chi connectivity index (χ1) is 14.5. The number of nitrogens with one attached hydrogen (secondary N) is 1. The van der Waals surface area contributed by atoms with Crippen molar-refractivity contribution in [3.05, 3.63) is 69.7 Å². The molecule has 3 heterocycles. The first kappa shape index (κ1) is 20.4. The van der Waals surface area contributed by atoms with Crippen LogP contribution in [0.15, 0.2) is 53.0 Å². The second kappa shape index (κ2) is 8.89. The third-order valence-electron chi connectivity index (χ3n) is 4.93. The minimum Gasteiger partial charge on any atom is -0.497 e. The van der Waals surface area contributed by atoms with E-state index >= 15 is 0 Å². The number of thioether (sulfide) groups is 1. The first-order valence-electron chi connectivity index (χ1n) is 9.47. The van der Waals surface area contributed by atoms with Gasteiger partial charge in [0.1, 0.15) is 5.75 Å². The number of Topliss-reactive ketones (excluding diaryl/α,β-unsaturated/α-hetero) is 1. The van der Waals surface area contributed by atoms with E-state index in [0.717, 1.165) is 34.8 Å². The summed E-state index contributed by atoms with van der Waals surface area (Å²) >= 11 is 3.07. The van der Waals surface area contributed by atoms with Crippen molar-refractivity contribution < 1.29 is 9.53 Å². The fraction of sp³-hybridized carbons (Fsp3) is 0.227. The van der Waals surface area contributed by atoms with Crippen LogP contribution in [0, 0.1) is 13.8 Å². The molecule has 0 spiro atoms. The van der Waals surface area contributed by atoms with Crippen LogP contribution in [0.3, 0.4) is 0 Å². The molecule has 0 fully saturated rings. The summed E-state index contributed by atoms with van der Waals surface area (Å²) in [5, 5.41) is 9.80. The van der Waals surface area contributed by atoms with Crippen LogP contribution >= 0.6 is 23.1 Å². The lowest BCUT2D eigenvalue weighted by Gasteiger charge is -2.08. The van der Waals surface area contributed by atoms with Gasteiger partial charge in [-0.2, -0.15) is 0 Å². The van der Waals surface area contributed by atoms with Gasteiger partial charge in [-0.3, -0.25) is 9.89 Å². The summed E-state index contributed by atoms with van der Waals surface area (Å²) in [5.74, 6) is 1.83. The summed E-state index contributed by atoms with van der Waals surface area (Å²) in [6.07, 6.45) is 0. The number of benzene rings is 1. The lowest BCUT2D eigenvalue weighted by Crippen LogP contribution is -2.07. The second-order valence-electron chi connectivity index (χ2n) is 6.86. The van der Waals surface area contributed by atoms with Crippen molar-refractivity contribution in [2.75, 3.05) is 12.9 Å². The van der Waals surface area contributed by atoms with Gasteiger partial charge in [-0.15, -0.1) is 16.4 Å². The molecule has 0 aliphatic carbocycles. The van der Waals surface area contributed by atoms with Gasteiger partial charge in [0.25, 0.3) is 0 Å². The molecule has 0 aliphatic rings. The Morgan fingerprint density at radius 1 is 1.23 bits per heavy atom. The lowest BCUT2D eigenvalue weighted by atomic mass is 10.2. The Hall–Kier alpha value is -2.84. The van der Waals surface area contributed by atoms with Crippen LogP contribution in [0.2, 0.25) is 0 Å². The van der Waals surface area contributed by atoms with Crippen molar-refractivity contribution in [1.82, 2.24) is 19.7 Å². The van der Waals surface area contributed by atoms with Crippen molar-refractivity contribution >= 4 is 28.9 Å². The smallest absolute Gasteiger partial charge is 0.209 e. The number of aromatic amines is 1. The Labute approximate surface area is 183 Å². The number of hydrogen-bond donors (Lipinski definition) is 1. The highest BCUT2D eigenvalue weighted by Crippen LogP contribution is 2.24. The van der Waals surface area contributed by atoms with E-state index in [9.17, 15) is 4.79 Å². The average Bonchev–Trinajstić information content (AvgIpc) is 3.50. The zero-order chi connectivity index (χ0) is 21.1. The topological polar surface area (TPSA) is 72.8 Å². The molecule has 0 atom stereocenters. The van der Waals surface area contributed by atoms with Crippen LogP contribution in [0.5, 0.6) is 5.75 Å².